The highest BCUT2D eigenvalue weighted by atomic mass is 16.4. The van der Waals surface area contributed by atoms with Gasteiger partial charge in [-0.05, 0) is 18.6 Å². The van der Waals surface area contributed by atoms with Crippen LogP contribution in [0.25, 0.3) is 6.08 Å². The molecule has 0 saturated heterocycles. The van der Waals surface area contributed by atoms with Gasteiger partial charge in [0.25, 0.3) is 0 Å². The molecule has 16 heavy (non-hydrogen) atoms. The van der Waals surface area contributed by atoms with E-state index < -0.39 is 12.1 Å². The van der Waals surface area contributed by atoms with Crippen molar-refractivity contribution in [3.63, 3.8) is 0 Å². The molecule has 1 amide bonds. The second-order valence-electron chi connectivity index (χ2n) is 3.32. The molecule has 0 aliphatic heterocycles. The van der Waals surface area contributed by atoms with Crippen molar-refractivity contribution in [2.24, 2.45) is 0 Å². The third kappa shape index (κ3) is 3.96. The van der Waals surface area contributed by atoms with Crippen LogP contribution in [0.4, 0.5) is 4.79 Å². The number of ketones is 1. The lowest BCUT2D eigenvalue weighted by atomic mass is 10.1. The summed E-state index contributed by atoms with van der Waals surface area (Å²) < 4.78 is 0. The van der Waals surface area contributed by atoms with Crippen LogP contribution in [0.5, 0.6) is 0 Å². The number of rotatable bonds is 4. The molecule has 1 aromatic carbocycles. The first-order valence-electron chi connectivity index (χ1n) is 4.86. The minimum Gasteiger partial charge on any atom is -0.465 e. The van der Waals surface area contributed by atoms with E-state index in [0.29, 0.717) is 0 Å². The molecule has 4 nitrogen and oxygen atoms in total. The van der Waals surface area contributed by atoms with Crippen molar-refractivity contribution >= 4 is 18.0 Å². The van der Waals surface area contributed by atoms with Crippen molar-refractivity contribution in [1.82, 2.24) is 5.32 Å². The highest BCUT2D eigenvalue weighted by Gasteiger charge is 2.11. The predicted octanol–water partition coefficient (Wildman–Crippen LogP) is 1.93. The van der Waals surface area contributed by atoms with Crippen molar-refractivity contribution in [1.29, 1.82) is 0 Å². The zero-order valence-electron chi connectivity index (χ0n) is 8.88. The molecule has 1 rings (SSSR count). The van der Waals surface area contributed by atoms with E-state index in [1.54, 1.807) is 6.08 Å². The summed E-state index contributed by atoms with van der Waals surface area (Å²) in [4.78, 5) is 21.7. The van der Waals surface area contributed by atoms with E-state index in [-0.39, 0.29) is 5.78 Å². The first-order chi connectivity index (χ1) is 7.59. The van der Waals surface area contributed by atoms with Gasteiger partial charge in [0.15, 0.2) is 5.78 Å². The number of benzene rings is 1. The Morgan fingerprint density at radius 2 is 1.94 bits per heavy atom. The molecule has 1 aromatic rings. The third-order valence-corrected chi connectivity index (χ3v) is 2.01. The Morgan fingerprint density at radius 1 is 1.31 bits per heavy atom. The summed E-state index contributed by atoms with van der Waals surface area (Å²) in [6, 6.07) is 8.61. The summed E-state index contributed by atoms with van der Waals surface area (Å²) in [6.45, 7) is 1.51. The van der Waals surface area contributed by atoms with Gasteiger partial charge in [-0.25, -0.2) is 4.79 Å². The maximum atomic E-state index is 11.4. The lowest BCUT2D eigenvalue weighted by Gasteiger charge is -2.06. The van der Waals surface area contributed by atoms with Gasteiger partial charge >= 0.3 is 6.09 Å². The molecule has 0 aliphatic carbocycles. The monoisotopic (exact) mass is 219 g/mol. The smallest absolute Gasteiger partial charge is 0.405 e. The average molecular weight is 219 g/mol. The molecule has 2 N–H and O–H groups in total. The second-order valence-corrected chi connectivity index (χ2v) is 3.32. The van der Waals surface area contributed by atoms with E-state index in [4.69, 9.17) is 5.11 Å². The molecular weight excluding hydrogens is 206 g/mol. The Morgan fingerprint density at radius 3 is 2.50 bits per heavy atom. The molecule has 4 heteroatoms. The normalized spacial score (nSPS) is 12.3. The molecule has 84 valence electrons. The number of carbonyl (C=O) groups excluding carboxylic acids is 1. The largest absolute Gasteiger partial charge is 0.465 e. The zero-order chi connectivity index (χ0) is 12.0. The third-order valence-electron chi connectivity index (χ3n) is 2.01. The van der Waals surface area contributed by atoms with Crippen LogP contribution in [0.15, 0.2) is 36.4 Å². The molecule has 0 aromatic heterocycles. The van der Waals surface area contributed by atoms with E-state index in [1.165, 1.54) is 13.0 Å². The van der Waals surface area contributed by atoms with E-state index in [0.717, 1.165) is 5.56 Å². The summed E-state index contributed by atoms with van der Waals surface area (Å²) >= 11 is 0. The van der Waals surface area contributed by atoms with Crippen LogP contribution < -0.4 is 5.32 Å². The zero-order valence-corrected chi connectivity index (χ0v) is 8.88. The molecule has 0 saturated carbocycles. The molecule has 1 atom stereocenters. The number of amides is 1. The van der Waals surface area contributed by atoms with Crippen molar-refractivity contribution in [2.45, 2.75) is 13.0 Å². The minimum absolute atomic E-state index is 0.272. The molecule has 0 spiro atoms. The second kappa shape index (κ2) is 5.70. The van der Waals surface area contributed by atoms with Gasteiger partial charge < -0.3 is 10.4 Å². The standard InChI is InChI=1S/C12H13NO3/c1-9(13-12(15)16)11(14)8-7-10-5-3-2-4-6-10/h2-9,13H,1H3,(H,15,16). The van der Waals surface area contributed by atoms with Gasteiger partial charge in [-0.3, -0.25) is 4.79 Å². The van der Waals surface area contributed by atoms with E-state index in [2.05, 4.69) is 5.32 Å². The van der Waals surface area contributed by atoms with Crippen LogP contribution in [0, 0.1) is 0 Å². The number of hydrogen-bond donors (Lipinski definition) is 2. The summed E-state index contributed by atoms with van der Waals surface area (Å²) in [5.41, 5.74) is 0.901. The minimum atomic E-state index is -1.20. The number of nitrogens with one attached hydrogen (secondary N) is 1. The lowest BCUT2D eigenvalue weighted by molar-refractivity contribution is -0.115. The predicted molar refractivity (Wildman–Crippen MR) is 61.1 cm³/mol. The van der Waals surface area contributed by atoms with E-state index in [9.17, 15) is 9.59 Å². The molecule has 0 radical (unpaired) electrons. The van der Waals surface area contributed by atoms with Crippen molar-refractivity contribution in [2.75, 3.05) is 0 Å². The van der Waals surface area contributed by atoms with Gasteiger partial charge in [-0.2, -0.15) is 0 Å². The molecule has 0 bridgehead atoms. The molecule has 0 fully saturated rings. The van der Waals surface area contributed by atoms with Crippen LogP contribution in [0.2, 0.25) is 0 Å². The molecular formula is C12H13NO3. The van der Waals surface area contributed by atoms with Gasteiger partial charge in [0.2, 0.25) is 0 Å². The summed E-state index contributed by atoms with van der Waals surface area (Å²) in [6.07, 6.45) is 1.83. The summed E-state index contributed by atoms with van der Waals surface area (Å²) in [7, 11) is 0. The Balaban J connectivity index is 2.57. The number of carbonyl (C=O) groups is 2. The first kappa shape index (κ1) is 12.0. The highest BCUT2D eigenvalue weighted by molar-refractivity contribution is 5.98. The van der Waals surface area contributed by atoms with Crippen molar-refractivity contribution < 1.29 is 14.7 Å². The maximum absolute atomic E-state index is 11.4. The fraction of sp³-hybridized carbons (Fsp3) is 0.167. The Kier molecular flexibility index (Phi) is 4.27. The maximum Gasteiger partial charge on any atom is 0.405 e. The molecule has 0 aliphatic rings. The van der Waals surface area contributed by atoms with Crippen LogP contribution in [0.1, 0.15) is 12.5 Å². The highest BCUT2D eigenvalue weighted by Crippen LogP contribution is 2.01. The average Bonchev–Trinajstić information content (AvgIpc) is 2.26. The van der Waals surface area contributed by atoms with Gasteiger partial charge in [0.1, 0.15) is 0 Å². The van der Waals surface area contributed by atoms with E-state index >= 15 is 0 Å². The van der Waals surface area contributed by atoms with Crippen LogP contribution in [0.3, 0.4) is 0 Å². The van der Waals surface area contributed by atoms with Gasteiger partial charge in [0.05, 0.1) is 6.04 Å². The number of hydrogen-bond acceptors (Lipinski definition) is 2. The van der Waals surface area contributed by atoms with Gasteiger partial charge in [-0.1, -0.05) is 36.4 Å². The quantitative estimate of drug-likeness (QED) is 0.760. The lowest BCUT2D eigenvalue weighted by Crippen LogP contribution is -2.36. The topological polar surface area (TPSA) is 66.4 Å². The Labute approximate surface area is 93.6 Å². The SMILES string of the molecule is CC(NC(=O)O)C(=O)C=Cc1ccccc1. The fourth-order valence-electron chi connectivity index (χ4n) is 1.14. The first-order valence-corrected chi connectivity index (χ1v) is 4.86. The van der Waals surface area contributed by atoms with Crippen LogP contribution in [-0.2, 0) is 4.79 Å². The van der Waals surface area contributed by atoms with Gasteiger partial charge in [-0.15, -0.1) is 0 Å². The van der Waals surface area contributed by atoms with Crippen LogP contribution >= 0.6 is 0 Å². The number of carboxylic acid groups (broad SMARTS) is 1. The molecule has 1 unspecified atom stereocenters. The summed E-state index contributed by atoms with van der Waals surface area (Å²) in [5.74, 6) is -0.272. The van der Waals surface area contributed by atoms with Crippen molar-refractivity contribution in [3.8, 4) is 0 Å². The fourth-order valence-corrected chi connectivity index (χ4v) is 1.14. The van der Waals surface area contributed by atoms with E-state index in [1.807, 2.05) is 30.3 Å². The van der Waals surface area contributed by atoms with Crippen molar-refractivity contribution in [3.05, 3.63) is 42.0 Å². The Hall–Kier alpha value is -2.10. The van der Waals surface area contributed by atoms with Crippen LogP contribution in [-0.4, -0.2) is 23.0 Å². The molecule has 0 heterocycles. The van der Waals surface area contributed by atoms with Gasteiger partial charge in [0, 0.05) is 0 Å². The summed E-state index contributed by atoms with van der Waals surface area (Å²) in [5, 5.41) is 10.5. The Bertz CT molecular complexity index is 398.